The largest absolute Gasteiger partial charge is 0.465 e. The third-order valence-corrected chi connectivity index (χ3v) is 30.4. The minimum absolute atomic E-state index is 0.0285. The van der Waals surface area contributed by atoms with Crippen molar-refractivity contribution in [2.24, 2.45) is 32.5 Å². The molecule has 0 bridgehead atoms. The number of ether oxygens (including phenoxy) is 2. The molecular formula is C96H106N22O14S2. The van der Waals surface area contributed by atoms with Gasteiger partial charge in [-0.2, -0.15) is 4.98 Å². The fraction of sp³-hybridized carbons (Fsp3) is 0.396. The molecule has 0 aliphatic carbocycles. The van der Waals surface area contributed by atoms with Gasteiger partial charge in [0, 0.05) is 155 Å². The van der Waals surface area contributed by atoms with E-state index in [4.69, 9.17) is 9.72 Å². The number of pyridine rings is 2. The first-order valence-electron chi connectivity index (χ1n) is 44.9. The van der Waals surface area contributed by atoms with E-state index in [2.05, 4.69) is 142 Å². The third kappa shape index (κ3) is 18.7. The number of fused-ring (bicyclic) bond motifs is 4. The first-order valence-corrected chi connectivity index (χ1v) is 46.5. The van der Waals surface area contributed by atoms with E-state index in [1.54, 1.807) is 71.3 Å². The van der Waals surface area contributed by atoms with Gasteiger partial charge in [-0.15, -0.1) is 0 Å². The summed E-state index contributed by atoms with van der Waals surface area (Å²) in [5.74, 6) is 1.78. The van der Waals surface area contributed by atoms with Crippen LogP contribution in [0.2, 0.25) is 0 Å². The zero-order valence-corrected chi connectivity index (χ0v) is 76.4. The standard InChI is InChI=1S/C18H20N4O3.C16H17N5O3.C16H19N3O3.C16H17N3OS.C15H16N4OS.C15H17N3O3/c1-11-6-7-18(16(24)19-11)8-9-22(10-18)17-20-13-5-3-4-12(14(13)21-17)15(23)25-2;1-10-4-5-16(14(22)17-10)6-7-20(9-16)15-18-12-3-2-11(21(23)24)8-13(12)19-15;1-11-5-6-16(15(21)18-11)7-8-19(10-16)13-4-3-12(9-17-13)14(20)22-2;1-11-6-7-16(14(20)17-11)8-9-19(10-16)15-18-12-4-2-3-5-13(12)21-15;1-10-4-5-15(13(20)17-10)6-8-19(9-15)14-18-12-11(21-14)3-2-7-16-12;1-11-6-7-15(14(19)16-11)8-9-17(10-15)12-2-4-13(5-3-12)18(20)21/h3-5H,1,6-10H2,2H3,(H,19,24)(H,20,21);2-3,8H,1,4-7,9H2,(H,17,22)(H,18,19);3-4,9H,1,5-8,10H2,2H3,(H,18,21);2-5H,1,6-10H2,(H,17,20);2-3,7H,1,4-6,8-9H2,(H,17,20);2-5H,1,6-10H2,(H,16,19). The molecule has 18 heterocycles. The Morgan fingerprint density at radius 2 is 0.821 bits per heavy atom. The van der Waals surface area contributed by atoms with E-state index < -0.39 is 27.2 Å². The van der Waals surface area contributed by atoms with Crippen LogP contribution in [0.4, 0.5) is 45.0 Å². The SMILES string of the molecule is C=C1CCC2(CCN(c3ccc(C(=O)OC)cn3)C2)C(=O)N1.C=C1CCC2(CCN(c3ccc([N+](=O)[O-])cc3)C2)C(=O)N1.C=C1CCC2(CCN(c3nc4c(C(=O)OC)cccc4[nH]3)C2)C(=O)N1.C=C1CCC2(CCN(c3nc4ccc([N+](=O)[O-])cc4[nH]3)C2)C(=O)N1.C=C1CCC2(CCN(c3nc4ccccc4s3)C2)C(=O)N1.C=C1CCC2(CCN(c3nc4ncccc4s3)C2)C(=O)N1. The number of thiazole rings is 2. The number of hydrogen-bond donors (Lipinski definition) is 8. The number of methoxy groups -OCH3 is 2. The number of aromatic nitrogens is 8. The number of nitrogens with one attached hydrogen (secondary N) is 8. The molecule has 36 nitrogen and oxygen atoms in total. The Morgan fingerprint density at radius 1 is 0.403 bits per heavy atom. The molecule has 6 spiro atoms. The van der Waals surface area contributed by atoms with Crippen LogP contribution in [0.25, 0.3) is 42.6 Å². The molecule has 4 aromatic carbocycles. The molecule has 6 unspecified atom stereocenters. The van der Waals surface area contributed by atoms with E-state index in [9.17, 15) is 58.6 Å². The van der Waals surface area contributed by atoms with E-state index in [1.807, 2.05) is 41.3 Å². The van der Waals surface area contributed by atoms with E-state index >= 15 is 0 Å². The van der Waals surface area contributed by atoms with Crippen LogP contribution in [0, 0.1) is 52.7 Å². The van der Waals surface area contributed by atoms with Gasteiger partial charge in [0.1, 0.15) is 11.3 Å². The number of piperidine rings is 6. The highest BCUT2D eigenvalue weighted by Crippen LogP contribution is 2.49. The maximum atomic E-state index is 12.5. The number of imidazole rings is 2. The molecular weight excluding hydrogens is 1750 g/mol. The number of nitrogens with zero attached hydrogens (tertiary/aromatic N) is 14. The first-order chi connectivity index (χ1) is 64.3. The Labute approximate surface area is 779 Å². The van der Waals surface area contributed by atoms with Gasteiger partial charge in [-0.05, 0) is 182 Å². The Bertz CT molecular complexity index is 6260. The molecule has 696 valence electrons. The van der Waals surface area contributed by atoms with Gasteiger partial charge in [0.25, 0.3) is 11.4 Å². The molecule has 134 heavy (non-hydrogen) atoms. The number of nitro groups is 2. The fourth-order valence-electron chi connectivity index (χ4n) is 20.0. The number of carbonyl (C=O) groups is 8. The van der Waals surface area contributed by atoms with E-state index in [-0.39, 0.29) is 73.9 Å². The number of benzene rings is 4. The second-order valence-electron chi connectivity index (χ2n) is 36.8. The van der Waals surface area contributed by atoms with Crippen LogP contribution in [-0.2, 0) is 38.2 Å². The van der Waals surface area contributed by atoms with Crippen LogP contribution in [0.3, 0.4) is 0 Å². The van der Waals surface area contributed by atoms with Gasteiger partial charge < -0.3 is 80.7 Å². The molecule has 0 saturated carbocycles. The number of aromatic amines is 2. The van der Waals surface area contributed by atoms with Crippen LogP contribution in [0.1, 0.15) is 136 Å². The molecule has 12 aliphatic heterocycles. The minimum Gasteiger partial charge on any atom is -0.465 e. The lowest BCUT2D eigenvalue weighted by molar-refractivity contribution is -0.385. The lowest BCUT2D eigenvalue weighted by Gasteiger charge is -2.33. The molecule has 12 aliphatic rings. The summed E-state index contributed by atoms with van der Waals surface area (Å²) in [6, 6.07) is 32.1. The molecule has 6 amide bonds. The number of non-ortho nitro benzene ring substituents is 2. The smallest absolute Gasteiger partial charge is 0.340 e. The lowest BCUT2D eigenvalue weighted by atomic mass is 9.78. The number of carbonyl (C=O) groups excluding carboxylic acids is 8. The average molecular weight is 1860 g/mol. The van der Waals surface area contributed by atoms with Crippen LogP contribution >= 0.6 is 22.7 Å². The Kier molecular flexibility index (Phi) is 25.6. The summed E-state index contributed by atoms with van der Waals surface area (Å²) in [5.41, 5.74) is 9.26. The molecule has 6 aromatic heterocycles. The van der Waals surface area contributed by atoms with Crippen molar-refractivity contribution < 1.29 is 57.7 Å². The van der Waals surface area contributed by atoms with Crippen LogP contribution in [0.15, 0.2) is 195 Å². The number of allylic oxidation sites excluding steroid dienone is 6. The number of anilines is 6. The number of H-pyrrole nitrogens is 2. The van der Waals surface area contributed by atoms with Crippen LogP contribution < -0.4 is 61.3 Å². The van der Waals surface area contributed by atoms with Crippen LogP contribution in [-0.4, -0.2) is 190 Å². The van der Waals surface area contributed by atoms with Gasteiger partial charge >= 0.3 is 11.9 Å². The number of esters is 2. The maximum Gasteiger partial charge on any atom is 0.340 e. The van der Waals surface area contributed by atoms with Crippen molar-refractivity contribution in [2.75, 3.05) is 122 Å². The highest BCUT2D eigenvalue weighted by molar-refractivity contribution is 7.22. The zero-order chi connectivity index (χ0) is 94.2. The van der Waals surface area contributed by atoms with Gasteiger partial charge in [-0.1, -0.05) is 80.3 Å². The molecule has 12 saturated heterocycles. The van der Waals surface area contributed by atoms with Crippen LogP contribution in [0.5, 0.6) is 0 Å². The van der Waals surface area contributed by atoms with Crippen molar-refractivity contribution in [3.8, 4) is 0 Å². The van der Waals surface area contributed by atoms with Gasteiger partial charge in [-0.25, -0.2) is 34.5 Å². The van der Waals surface area contributed by atoms with Crippen molar-refractivity contribution in [1.29, 1.82) is 0 Å². The summed E-state index contributed by atoms with van der Waals surface area (Å²) in [6.45, 7) is 31.9. The summed E-state index contributed by atoms with van der Waals surface area (Å²) in [4.78, 5) is 164. The van der Waals surface area contributed by atoms with Gasteiger partial charge in [0.2, 0.25) is 47.3 Å². The second kappa shape index (κ2) is 37.4. The Morgan fingerprint density at radius 3 is 1.28 bits per heavy atom. The molecule has 0 radical (unpaired) electrons. The van der Waals surface area contributed by atoms with Gasteiger partial charge in [-0.3, -0.25) is 49.0 Å². The first kappa shape index (κ1) is 91.6. The quantitative estimate of drug-likeness (QED) is 0.0358. The molecule has 8 N–H and O–H groups in total. The average Bonchev–Trinajstić information content (AvgIpc) is 1.49. The van der Waals surface area contributed by atoms with E-state index in [0.29, 0.717) is 65.8 Å². The molecule has 6 atom stereocenters. The molecule has 12 fully saturated rings. The van der Waals surface area contributed by atoms with Crippen molar-refractivity contribution in [3.05, 3.63) is 227 Å². The number of nitro benzene ring substituents is 2. The van der Waals surface area contributed by atoms with Crippen molar-refractivity contribution in [1.82, 2.24) is 71.8 Å². The van der Waals surface area contributed by atoms with Gasteiger partial charge in [0.15, 0.2) is 15.9 Å². The number of rotatable bonds is 10. The predicted octanol–water partition coefficient (Wildman–Crippen LogP) is 13.0. The summed E-state index contributed by atoms with van der Waals surface area (Å²) in [7, 11) is 2.70. The van der Waals surface area contributed by atoms with E-state index in [1.165, 1.54) is 49.4 Å². The summed E-state index contributed by atoms with van der Waals surface area (Å²) in [6.07, 6.45) is 18.3. The number of para-hydroxylation sites is 2. The highest BCUT2D eigenvalue weighted by atomic mass is 32.1. The van der Waals surface area contributed by atoms with Crippen molar-refractivity contribution >= 4 is 158 Å². The second-order valence-corrected chi connectivity index (χ2v) is 38.8. The molecule has 38 heteroatoms. The number of hydrogen-bond acceptors (Lipinski definition) is 28. The lowest BCUT2D eigenvalue weighted by Crippen LogP contribution is -2.46. The normalized spacial score (nSPS) is 24.7. The third-order valence-electron chi connectivity index (χ3n) is 28.3. The van der Waals surface area contributed by atoms with Crippen molar-refractivity contribution in [3.63, 3.8) is 0 Å². The monoisotopic (exact) mass is 1850 g/mol. The molecule has 10 aromatic rings. The topological polar surface area (TPSA) is 442 Å². The Hall–Kier alpha value is -14.3. The zero-order valence-electron chi connectivity index (χ0n) is 74.8. The summed E-state index contributed by atoms with van der Waals surface area (Å²) < 4.78 is 11.8. The maximum absolute atomic E-state index is 12.5. The summed E-state index contributed by atoms with van der Waals surface area (Å²) in [5, 5.41) is 40.9. The minimum atomic E-state index is -0.427. The van der Waals surface area contributed by atoms with Gasteiger partial charge in [0.05, 0.1) is 99.1 Å². The van der Waals surface area contributed by atoms with Crippen molar-refractivity contribution in [2.45, 2.75) is 116 Å². The highest BCUT2D eigenvalue weighted by Gasteiger charge is 2.53. The molecule has 22 rings (SSSR count). The predicted molar refractivity (Wildman–Crippen MR) is 511 cm³/mol. The summed E-state index contributed by atoms with van der Waals surface area (Å²) >= 11 is 3.36. The fourth-order valence-corrected chi connectivity index (χ4v) is 21.9. The van der Waals surface area contributed by atoms with E-state index in [0.717, 1.165) is 245 Å². The Balaban J connectivity index is 0.000000112. The number of amides is 6.